The molecule has 0 spiro atoms. The van der Waals surface area contributed by atoms with E-state index in [0.29, 0.717) is 11.1 Å². The van der Waals surface area contributed by atoms with Gasteiger partial charge >= 0.3 is 0 Å². The Morgan fingerprint density at radius 2 is 1.73 bits per heavy atom. The highest BCUT2D eigenvalue weighted by Crippen LogP contribution is 2.36. The minimum absolute atomic E-state index is 0.254. The molecule has 0 saturated carbocycles. The number of ether oxygens (including phenoxy) is 1. The van der Waals surface area contributed by atoms with Gasteiger partial charge in [0.2, 0.25) is 0 Å². The lowest BCUT2D eigenvalue weighted by Crippen LogP contribution is -2.18. The molecule has 1 unspecified atom stereocenters. The van der Waals surface area contributed by atoms with Crippen molar-refractivity contribution in [3.8, 4) is 5.75 Å². The van der Waals surface area contributed by atoms with Crippen LogP contribution in [0.4, 0.5) is 0 Å². The lowest BCUT2D eigenvalue weighted by atomic mass is 10.3. The Morgan fingerprint density at radius 1 is 1.20 bits per heavy atom. The van der Waals surface area contributed by atoms with Crippen LogP contribution in [-0.4, -0.2) is 23.1 Å². The average molecular weight is 468 g/mol. The Hall–Kier alpha value is 0.900. The smallest absolute Gasteiger partial charge is 0.147 e. The standard InChI is InChI=1S/C9H8Br4O2/c10-3-6(14)4-15-9-7(12)1-5(11)2-8(9)13/h1-2,6,14H,3-4H2. The van der Waals surface area contributed by atoms with Crippen molar-refractivity contribution >= 4 is 63.7 Å². The molecule has 1 atom stereocenters. The molecule has 1 N–H and O–H groups in total. The Bertz CT molecular complexity index is 320. The van der Waals surface area contributed by atoms with Crippen LogP contribution in [0.15, 0.2) is 25.6 Å². The second-order valence-electron chi connectivity index (χ2n) is 2.82. The summed E-state index contributed by atoms with van der Waals surface area (Å²) in [7, 11) is 0. The SMILES string of the molecule is OC(CBr)COc1c(Br)cc(Br)cc1Br. The van der Waals surface area contributed by atoms with Gasteiger partial charge in [-0.2, -0.15) is 0 Å². The number of hydrogen-bond acceptors (Lipinski definition) is 2. The molecule has 84 valence electrons. The van der Waals surface area contributed by atoms with E-state index >= 15 is 0 Å². The minimum atomic E-state index is -0.507. The molecule has 1 rings (SSSR count). The molecule has 1 aromatic rings. The molecule has 15 heavy (non-hydrogen) atoms. The monoisotopic (exact) mass is 464 g/mol. The summed E-state index contributed by atoms with van der Waals surface area (Å²) in [5.74, 6) is 0.693. The molecule has 0 amide bonds. The van der Waals surface area contributed by atoms with Crippen molar-refractivity contribution in [2.24, 2.45) is 0 Å². The minimum Gasteiger partial charge on any atom is -0.488 e. The zero-order chi connectivity index (χ0) is 11.4. The molecule has 2 nitrogen and oxygen atoms in total. The Morgan fingerprint density at radius 3 is 2.20 bits per heavy atom. The zero-order valence-corrected chi connectivity index (χ0v) is 13.9. The highest BCUT2D eigenvalue weighted by molar-refractivity contribution is 9.11. The first-order valence-corrected chi connectivity index (χ1v) is 7.56. The Balaban J connectivity index is 2.77. The lowest BCUT2D eigenvalue weighted by Gasteiger charge is -2.13. The summed E-state index contributed by atoms with van der Waals surface area (Å²) < 4.78 is 8.11. The number of rotatable bonds is 4. The van der Waals surface area contributed by atoms with E-state index in [0.717, 1.165) is 13.4 Å². The third-order valence-corrected chi connectivity index (χ3v) is 3.94. The number of aliphatic hydroxyl groups excluding tert-OH is 1. The first-order valence-electron chi connectivity index (χ1n) is 4.06. The van der Waals surface area contributed by atoms with Gasteiger partial charge in [0, 0.05) is 9.80 Å². The van der Waals surface area contributed by atoms with Gasteiger partial charge in [-0.25, -0.2) is 0 Å². The molecule has 0 radical (unpaired) electrons. The van der Waals surface area contributed by atoms with Crippen molar-refractivity contribution < 1.29 is 9.84 Å². The highest BCUT2D eigenvalue weighted by Gasteiger charge is 2.10. The van der Waals surface area contributed by atoms with Crippen molar-refractivity contribution in [3.05, 3.63) is 25.6 Å². The van der Waals surface area contributed by atoms with Gasteiger partial charge in [-0.05, 0) is 44.0 Å². The predicted molar refractivity (Wildman–Crippen MR) is 74.8 cm³/mol. The van der Waals surface area contributed by atoms with Crippen molar-refractivity contribution in [3.63, 3.8) is 0 Å². The average Bonchev–Trinajstić information content (AvgIpc) is 2.15. The maximum atomic E-state index is 9.34. The molecule has 0 aliphatic carbocycles. The van der Waals surface area contributed by atoms with Gasteiger partial charge in [-0.3, -0.25) is 0 Å². The zero-order valence-electron chi connectivity index (χ0n) is 7.51. The summed E-state index contributed by atoms with van der Waals surface area (Å²) in [6.45, 7) is 0.254. The fraction of sp³-hybridized carbons (Fsp3) is 0.333. The fourth-order valence-corrected chi connectivity index (χ4v) is 3.57. The second-order valence-corrected chi connectivity index (χ2v) is 6.09. The topological polar surface area (TPSA) is 29.5 Å². The van der Waals surface area contributed by atoms with Gasteiger partial charge < -0.3 is 9.84 Å². The van der Waals surface area contributed by atoms with Crippen LogP contribution in [0.5, 0.6) is 5.75 Å². The third kappa shape index (κ3) is 4.34. The molecule has 6 heteroatoms. The van der Waals surface area contributed by atoms with E-state index in [-0.39, 0.29) is 6.61 Å². The maximum Gasteiger partial charge on any atom is 0.147 e. The van der Waals surface area contributed by atoms with Gasteiger partial charge in [0.25, 0.3) is 0 Å². The summed E-state index contributed by atoms with van der Waals surface area (Å²) in [5.41, 5.74) is 0. The highest BCUT2D eigenvalue weighted by atomic mass is 79.9. The summed E-state index contributed by atoms with van der Waals surface area (Å²) in [4.78, 5) is 0. The van der Waals surface area contributed by atoms with Crippen LogP contribution in [0.1, 0.15) is 0 Å². The third-order valence-electron chi connectivity index (χ3n) is 1.56. The predicted octanol–water partition coefficient (Wildman–Crippen LogP) is 4.11. The molecule has 0 fully saturated rings. The second kappa shape index (κ2) is 6.59. The molecular formula is C9H8Br4O2. The van der Waals surface area contributed by atoms with Crippen LogP contribution in [0.25, 0.3) is 0 Å². The molecule has 0 heterocycles. The normalized spacial score (nSPS) is 12.6. The number of hydrogen-bond donors (Lipinski definition) is 1. The number of aliphatic hydroxyl groups is 1. The molecule has 1 aromatic carbocycles. The summed E-state index contributed by atoms with van der Waals surface area (Å²) in [6.07, 6.45) is -0.507. The number of benzene rings is 1. The molecule has 0 aliphatic rings. The van der Waals surface area contributed by atoms with Crippen LogP contribution in [0.3, 0.4) is 0 Å². The van der Waals surface area contributed by atoms with Crippen LogP contribution in [-0.2, 0) is 0 Å². The van der Waals surface area contributed by atoms with Gasteiger partial charge in [0.15, 0.2) is 0 Å². The summed E-state index contributed by atoms with van der Waals surface area (Å²) in [6, 6.07) is 3.78. The largest absolute Gasteiger partial charge is 0.488 e. The van der Waals surface area contributed by atoms with E-state index < -0.39 is 6.10 Å². The van der Waals surface area contributed by atoms with E-state index in [2.05, 4.69) is 63.7 Å². The van der Waals surface area contributed by atoms with Crippen molar-refractivity contribution in [1.29, 1.82) is 0 Å². The van der Waals surface area contributed by atoms with Gasteiger partial charge in [0.1, 0.15) is 12.4 Å². The molecule has 0 bridgehead atoms. The van der Waals surface area contributed by atoms with E-state index in [1.165, 1.54) is 0 Å². The van der Waals surface area contributed by atoms with Crippen LogP contribution < -0.4 is 4.74 Å². The lowest BCUT2D eigenvalue weighted by molar-refractivity contribution is 0.126. The van der Waals surface area contributed by atoms with Crippen molar-refractivity contribution in [2.45, 2.75) is 6.10 Å². The van der Waals surface area contributed by atoms with E-state index in [1.54, 1.807) is 0 Å². The first kappa shape index (κ1) is 14.0. The van der Waals surface area contributed by atoms with Gasteiger partial charge in [-0.15, -0.1) is 0 Å². The van der Waals surface area contributed by atoms with E-state index in [9.17, 15) is 5.11 Å². The molecule has 0 aliphatic heterocycles. The van der Waals surface area contributed by atoms with Crippen LogP contribution in [0, 0.1) is 0 Å². The van der Waals surface area contributed by atoms with Gasteiger partial charge in [0.05, 0.1) is 15.0 Å². The van der Waals surface area contributed by atoms with Crippen LogP contribution in [0.2, 0.25) is 0 Å². The number of alkyl halides is 1. The van der Waals surface area contributed by atoms with E-state index in [4.69, 9.17) is 4.74 Å². The first-order chi connectivity index (χ1) is 7.04. The molecule has 0 saturated heterocycles. The number of halogens is 4. The quantitative estimate of drug-likeness (QED) is 0.676. The van der Waals surface area contributed by atoms with Crippen molar-refractivity contribution in [2.75, 3.05) is 11.9 Å². The van der Waals surface area contributed by atoms with Gasteiger partial charge in [-0.1, -0.05) is 31.9 Å². The Labute approximate surface area is 122 Å². The van der Waals surface area contributed by atoms with E-state index in [1.807, 2.05) is 12.1 Å². The molecular weight excluding hydrogens is 460 g/mol. The maximum absolute atomic E-state index is 9.34. The van der Waals surface area contributed by atoms with Crippen molar-refractivity contribution in [1.82, 2.24) is 0 Å². The molecule has 0 aromatic heterocycles. The van der Waals surface area contributed by atoms with Crippen LogP contribution >= 0.6 is 63.7 Å². The fourth-order valence-electron chi connectivity index (χ4n) is 0.891. The summed E-state index contributed by atoms with van der Waals surface area (Å²) in [5, 5.41) is 9.84. The Kier molecular flexibility index (Phi) is 6.13. The summed E-state index contributed by atoms with van der Waals surface area (Å²) >= 11 is 13.3.